The Morgan fingerprint density at radius 2 is 1.82 bits per heavy atom. The summed E-state index contributed by atoms with van der Waals surface area (Å²) in [4.78, 5) is 30.4. The number of rotatable bonds is 5. The maximum atomic E-state index is 13.4. The van der Waals surface area contributed by atoms with E-state index in [1.807, 2.05) is 0 Å². The van der Waals surface area contributed by atoms with Crippen LogP contribution in [-0.4, -0.2) is 45.6 Å². The molecule has 0 saturated carbocycles. The molecule has 1 atom stereocenters. The Morgan fingerprint density at radius 1 is 1.13 bits per heavy atom. The van der Waals surface area contributed by atoms with E-state index in [0.29, 0.717) is 46.3 Å². The van der Waals surface area contributed by atoms with Gasteiger partial charge < -0.3 is 24.4 Å². The minimum atomic E-state index is -4.81. The van der Waals surface area contributed by atoms with Gasteiger partial charge in [-0.25, -0.2) is 0 Å². The molecule has 13 heteroatoms. The number of ether oxygens (including phenoxy) is 2. The fraction of sp³-hybridized carbons (Fsp3) is 0.192. The van der Waals surface area contributed by atoms with E-state index >= 15 is 0 Å². The van der Waals surface area contributed by atoms with Crippen molar-refractivity contribution in [2.75, 3.05) is 6.61 Å². The zero-order valence-electron chi connectivity index (χ0n) is 20.3. The summed E-state index contributed by atoms with van der Waals surface area (Å²) in [6, 6.07) is 15.5. The highest BCUT2D eigenvalue weighted by molar-refractivity contribution is 5.95. The first-order valence-corrected chi connectivity index (χ1v) is 11.4. The number of benzene rings is 2. The molecule has 0 aliphatic carbocycles. The molecule has 5 rings (SSSR count). The van der Waals surface area contributed by atoms with Gasteiger partial charge in [-0.15, -0.1) is 13.2 Å². The molecule has 2 N–H and O–H groups in total. The molecule has 0 radical (unpaired) electrons. The Labute approximate surface area is 219 Å². The second kappa shape index (κ2) is 11.2. The van der Waals surface area contributed by atoms with Gasteiger partial charge in [0.25, 0.3) is 12.4 Å². The summed E-state index contributed by atoms with van der Waals surface area (Å²) < 4.78 is 52.7. The molecule has 0 saturated heterocycles. The summed E-state index contributed by atoms with van der Waals surface area (Å²) in [5.74, 6) is 0.529. The van der Waals surface area contributed by atoms with Crippen LogP contribution in [0.2, 0.25) is 0 Å². The van der Waals surface area contributed by atoms with E-state index in [4.69, 9.17) is 19.2 Å². The lowest BCUT2D eigenvalue weighted by Crippen LogP contribution is -2.50. The van der Waals surface area contributed by atoms with Gasteiger partial charge in [-0.3, -0.25) is 14.6 Å². The number of hydrogen-bond acceptors (Lipinski definition) is 8. The Bertz CT molecular complexity index is 1440. The Kier molecular flexibility index (Phi) is 7.79. The molecule has 2 aromatic carbocycles. The van der Waals surface area contributed by atoms with Gasteiger partial charge in [-0.2, -0.15) is 4.98 Å². The number of nitrogens with one attached hydrogen (secondary N) is 1. The third kappa shape index (κ3) is 6.14. The number of nitrogens with zero attached hydrogens (tertiary/aromatic N) is 3. The Morgan fingerprint density at radius 3 is 2.44 bits per heavy atom. The summed E-state index contributed by atoms with van der Waals surface area (Å²) in [7, 11) is 0. The molecule has 3 heterocycles. The van der Waals surface area contributed by atoms with Crippen LogP contribution in [0.15, 0.2) is 71.4 Å². The van der Waals surface area contributed by atoms with Crippen LogP contribution in [0.4, 0.5) is 13.2 Å². The topological polar surface area (TPSA) is 137 Å². The predicted molar refractivity (Wildman–Crippen MR) is 129 cm³/mol. The van der Waals surface area contributed by atoms with Gasteiger partial charge in [0.2, 0.25) is 11.7 Å². The van der Waals surface area contributed by atoms with E-state index in [-0.39, 0.29) is 18.8 Å². The van der Waals surface area contributed by atoms with Crippen LogP contribution < -0.4 is 14.8 Å². The first kappa shape index (κ1) is 27.1. The lowest BCUT2D eigenvalue weighted by atomic mass is 9.81. The fourth-order valence-corrected chi connectivity index (χ4v) is 4.13. The molecule has 4 aromatic rings. The predicted octanol–water partition coefficient (Wildman–Crippen LogP) is 4.50. The molecule has 0 spiro atoms. The number of alkyl halides is 3. The molecule has 1 amide bonds. The molecule has 0 bridgehead atoms. The number of carboxylic acid groups (broad SMARTS) is 1. The number of aromatic nitrogens is 3. The smallest absolute Gasteiger partial charge is 0.491 e. The van der Waals surface area contributed by atoms with E-state index in [0.717, 1.165) is 0 Å². The van der Waals surface area contributed by atoms with Crippen molar-refractivity contribution in [3.63, 3.8) is 0 Å². The molecule has 1 aliphatic heterocycles. The van der Waals surface area contributed by atoms with E-state index in [2.05, 4.69) is 25.2 Å². The largest absolute Gasteiger partial charge is 0.573 e. The van der Waals surface area contributed by atoms with Gasteiger partial charge in [0.15, 0.2) is 0 Å². The molecule has 1 aliphatic rings. The second-order valence-corrected chi connectivity index (χ2v) is 8.20. The van der Waals surface area contributed by atoms with Crippen LogP contribution in [-0.2, 0) is 10.3 Å². The van der Waals surface area contributed by atoms with Gasteiger partial charge in [-0.1, -0.05) is 29.4 Å². The maximum absolute atomic E-state index is 13.4. The average Bonchev–Trinajstić information content (AvgIpc) is 3.35. The van der Waals surface area contributed by atoms with Crippen molar-refractivity contribution in [1.82, 2.24) is 20.4 Å². The number of carbonyl (C=O) groups is 2. The number of aryl methyl sites for hydroxylation is 1. The molecule has 202 valence electrons. The number of pyridine rings is 1. The zero-order chi connectivity index (χ0) is 28.0. The number of fused-ring (bicyclic) bond motifs is 1. The van der Waals surface area contributed by atoms with Crippen molar-refractivity contribution in [2.45, 2.75) is 25.2 Å². The third-order valence-electron chi connectivity index (χ3n) is 5.75. The van der Waals surface area contributed by atoms with Crippen LogP contribution in [0.5, 0.6) is 11.5 Å². The lowest BCUT2D eigenvalue weighted by molar-refractivity contribution is -0.274. The van der Waals surface area contributed by atoms with Crippen LogP contribution in [0.3, 0.4) is 0 Å². The normalized spacial score (nSPS) is 16.1. The number of halogens is 3. The minimum Gasteiger partial charge on any atom is -0.491 e. The number of amides is 1. The Balaban J connectivity index is 0.00000112. The van der Waals surface area contributed by atoms with Gasteiger partial charge in [0.05, 0.1) is 6.61 Å². The van der Waals surface area contributed by atoms with E-state index < -0.39 is 17.8 Å². The Hall–Kier alpha value is -4.94. The summed E-state index contributed by atoms with van der Waals surface area (Å²) in [6.07, 6.45) is -2.94. The number of hydrogen-bond donors (Lipinski definition) is 2. The molecule has 2 aromatic heterocycles. The summed E-state index contributed by atoms with van der Waals surface area (Å²) in [5, 5.41) is 13.8. The summed E-state index contributed by atoms with van der Waals surface area (Å²) >= 11 is 0. The van der Waals surface area contributed by atoms with Crippen molar-refractivity contribution in [3.8, 4) is 22.9 Å². The van der Waals surface area contributed by atoms with Crippen LogP contribution in [0.25, 0.3) is 11.4 Å². The molecule has 0 fully saturated rings. The van der Waals surface area contributed by atoms with Gasteiger partial charge in [0, 0.05) is 30.7 Å². The highest BCUT2D eigenvalue weighted by Gasteiger charge is 2.42. The molecule has 39 heavy (non-hydrogen) atoms. The first-order valence-electron chi connectivity index (χ1n) is 11.4. The summed E-state index contributed by atoms with van der Waals surface area (Å²) in [6.45, 7) is 1.69. The van der Waals surface area contributed by atoms with E-state index in [1.165, 1.54) is 24.3 Å². The quantitative estimate of drug-likeness (QED) is 0.349. The van der Waals surface area contributed by atoms with Crippen LogP contribution in [0, 0.1) is 6.92 Å². The lowest BCUT2D eigenvalue weighted by Gasteiger charge is -2.39. The van der Waals surface area contributed by atoms with Crippen molar-refractivity contribution in [2.24, 2.45) is 0 Å². The SMILES string of the molecule is Cc1nc(-c2ccc(C(=O)NC3(c4ccc(OC(F)(F)F)cc4)CCOc4cccnc43)cc2)no1.O=CO. The highest BCUT2D eigenvalue weighted by atomic mass is 19.4. The molecular weight excluding hydrogens is 521 g/mol. The third-order valence-corrected chi connectivity index (χ3v) is 5.75. The second-order valence-electron chi connectivity index (χ2n) is 8.20. The van der Waals surface area contributed by atoms with Crippen molar-refractivity contribution < 1.29 is 41.9 Å². The minimum absolute atomic E-state index is 0.250. The highest BCUT2D eigenvalue weighted by Crippen LogP contribution is 2.41. The van der Waals surface area contributed by atoms with Gasteiger partial charge in [-0.05, 0) is 42.0 Å². The van der Waals surface area contributed by atoms with Crippen LogP contribution >= 0.6 is 0 Å². The average molecular weight is 542 g/mol. The van der Waals surface area contributed by atoms with E-state index in [9.17, 15) is 18.0 Å². The van der Waals surface area contributed by atoms with Gasteiger partial charge in [0.1, 0.15) is 22.7 Å². The zero-order valence-corrected chi connectivity index (χ0v) is 20.3. The monoisotopic (exact) mass is 542 g/mol. The number of carbonyl (C=O) groups excluding carboxylic acids is 1. The van der Waals surface area contributed by atoms with Crippen molar-refractivity contribution in [3.05, 3.63) is 89.6 Å². The molecule has 10 nitrogen and oxygen atoms in total. The van der Waals surface area contributed by atoms with Gasteiger partial charge >= 0.3 is 6.36 Å². The summed E-state index contributed by atoms with van der Waals surface area (Å²) in [5.41, 5.74) is 0.878. The van der Waals surface area contributed by atoms with Crippen LogP contribution in [0.1, 0.15) is 33.9 Å². The van der Waals surface area contributed by atoms with Crippen molar-refractivity contribution in [1.29, 1.82) is 0 Å². The molecule has 1 unspecified atom stereocenters. The van der Waals surface area contributed by atoms with Crippen molar-refractivity contribution >= 4 is 12.4 Å². The van der Waals surface area contributed by atoms with E-state index in [1.54, 1.807) is 49.5 Å². The molecular formula is C26H21F3N4O6. The standard InChI is InChI=1S/C25H19F3N4O4.CH2O2/c1-15-30-22(32-36-15)16-4-6-17(7-5-16)23(33)31-24(12-14-34-20-3-2-13-29-21(20)24)18-8-10-19(11-9-18)35-25(26,27)28;2-1-3/h2-11,13H,12,14H2,1H3,(H,31,33);1H,(H,2,3). The maximum Gasteiger partial charge on any atom is 0.573 e. The first-order chi connectivity index (χ1) is 18.6. The fourth-order valence-electron chi connectivity index (χ4n) is 4.13.